The van der Waals surface area contributed by atoms with Crippen LogP contribution in [0.25, 0.3) is 10.2 Å². The summed E-state index contributed by atoms with van der Waals surface area (Å²) >= 11 is 5.24. The van der Waals surface area contributed by atoms with Crippen LogP contribution >= 0.6 is 27.3 Å². The zero-order valence-corrected chi connectivity index (χ0v) is 12.9. The lowest BCUT2D eigenvalue weighted by Crippen LogP contribution is -2.16. The number of hydrogen-bond donors (Lipinski definition) is 1. The Morgan fingerprint density at radius 2 is 2.33 bits per heavy atom. The lowest BCUT2D eigenvalue weighted by Gasteiger charge is -2.14. The largest absolute Gasteiger partial charge is 0.361 e. The van der Waals surface area contributed by atoms with Gasteiger partial charge < -0.3 is 5.32 Å². The number of halogens is 1. The van der Waals surface area contributed by atoms with E-state index in [4.69, 9.17) is 0 Å². The molecule has 1 heterocycles. The molecule has 4 heteroatoms. The average Bonchev–Trinajstić information content (AvgIpc) is 2.92. The van der Waals surface area contributed by atoms with Crippen LogP contribution in [0.4, 0.5) is 5.13 Å². The highest BCUT2D eigenvalue weighted by atomic mass is 79.9. The molecule has 1 aromatic carbocycles. The highest BCUT2D eigenvalue weighted by Gasteiger charge is 2.23. The maximum Gasteiger partial charge on any atom is 0.183 e. The average molecular weight is 325 g/mol. The number of nitrogens with one attached hydrogen (secondary N) is 1. The maximum absolute atomic E-state index is 4.63. The molecule has 0 radical (unpaired) electrons. The summed E-state index contributed by atoms with van der Waals surface area (Å²) in [4.78, 5) is 4.63. The number of benzene rings is 1. The van der Waals surface area contributed by atoms with Gasteiger partial charge in [-0.05, 0) is 36.5 Å². The van der Waals surface area contributed by atoms with Gasteiger partial charge in [-0.2, -0.15) is 0 Å². The van der Waals surface area contributed by atoms with E-state index in [1.807, 2.05) is 6.07 Å². The summed E-state index contributed by atoms with van der Waals surface area (Å²) in [7, 11) is 0. The topological polar surface area (TPSA) is 24.9 Å². The molecular formula is C14H17BrN2S. The first-order valence-corrected chi connectivity index (χ1v) is 8.13. The third-order valence-electron chi connectivity index (χ3n) is 3.91. The zero-order valence-electron chi connectivity index (χ0n) is 10.4. The Bertz CT molecular complexity index is 552. The summed E-state index contributed by atoms with van der Waals surface area (Å²) in [5.74, 6) is 1.68. The number of anilines is 1. The van der Waals surface area contributed by atoms with Crippen molar-refractivity contribution in [2.75, 3.05) is 11.9 Å². The fourth-order valence-corrected chi connectivity index (χ4v) is 4.14. The van der Waals surface area contributed by atoms with Crippen molar-refractivity contribution in [3.8, 4) is 0 Å². The van der Waals surface area contributed by atoms with E-state index < -0.39 is 0 Å². The molecule has 1 aliphatic carbocycles. The molecule has 2 aromatic rings. The molecule has 18 heavy (non-hydrogen) atoms. The van der Waals surface area contributed by atoms with E-state index in [2.05, 4.69) is 45.3 Å². The number of fused-ring (bicyclic) bond motifs is 1. The second-order valence-corrected chi connectivity index (χ2v) is 7.13. The Kier molecular flexibility index (Phi) is 3.57. The van der Waals surface area contributed by atoms with E-state index in [1.54, 1.807) is 11.3 Å². The molecule has 1 N–H and O–H groups in total. The lowest BCUT2D eigenvalue weighted by molar-refractivity contribution is 0.439. The molecule has 96 valence electrons. The Labute approximate surface area is 120 Å². The first kappa shape index (κ1) is 12.4. The van der Waals surface area contributed by atoms with Gasteiger partial charge in [-0.3, -0.25) is 0 Å². The van der Waals surface area contributed by atoms with Crippen molar-refractivity contribution in [3.05, 3.63) is 22.7 Å². The summed E-state index contributed by atoms with van der Waals surface area (Å²) < 4.78 is 2.36. The van der Waals surface area contributed by atoms with Crippen LogP contribution in [0.5, 0.6) is 0 Å². The molecule has 1 aromatic heterocycles. The molecule has 3 rings (SSSR count). The Hall–Kier alpha value is -0.610. The number of rotatable bonds is 3. The van der Waals surface area contributed by atoms with Crippen LogP contribution in [0.1, 0.15) is 26.2 Å². The van der Waals surface area contributed by atoms with Gasteiger partial charge >= 0.3 is 0 Å². The second kappa shape index (κ2) is 5.17. The first-order chi connectivity index (χ1) is 8.72. The molecule has 0 aliphatic heterocycles. The Morgan fingerprint density at radius 3 is 3.11 bits per heavy atom. The van der Waals surface area contributed by atoms with Gasteiger partial charge in [-0.15, -0.1) is 0 Å². The summed E-state index contributed by atoms with van der Waals surface area (Å²) in [6.07, 6.45) is 4.14. The van der Waals surface area contributed by atoms with Crippen molar-refractivity contribution < 1.29 is 0 Å². The molecule has 1 aliphatic rings. The smallest absolute Gasteiger partial charge is 0.183 e. The third-order valence-corrected chi connectivity index (χ3v) is 5.37. The van der Waals surface area contributed by atoms with E-state index in [0.29, 0.717) is 0 Å². The molecule has 2 atom stereocenters. The summed E-state index contributed by atoms with van der Waals surface area (Å²) in [6.45, 7) is 3.44. The highest BCUT2D eigenvalue weighted by Crippen LogP contribution is 2.33. The van der Waals surface area contributed by atoms with Crippen LogP contribution < -0.4 is 5.32 Å². The minimum atomic E-state index is 0.823. The fraction of sp³-hybridized carbons (Fsp3) is 0.500. The molecule has 0 bridgehead atoms. The van der Waals surface area contributed by atoms with Crippen molar-refractivity contribution in [3.63, 3.8) is 0 Å². The van der Waals surface area contributed by atoms with Gasteiger partial charge in [-0.1, -0.05) is 47.0 Å². The summed E-state index contributed by atoms with van der Waals surface area (Å²) in [6, 6.07) is 6.25. The van der Waals surface area contributed by atoms with Gasteiger partial charge in [0, 0.05) is 11.0 Å². The van der Waals surface area contributed by atoms with Gasteiger partial charge in [-0.25, -0.2) is 4.98 Å². The molecule has 0 spiro atoms. The first-order valence-electron chi connectivity index (χ1n) is 6.52. The number of aromatic nitrogens is 1. The molecule has 2 nitrogen and oxygen atoms in total. The van der Waals surface area contributed by atoms with Crippen LogP contribution in [-0.2, 0) is 0 Å². The Balaban J connectivity index is 1.71. The maximum atomic E-state index is 4.63. The second-order valence-electron chi connectivity index (χ2n) is 5.18. The van der Waals surface area contributed by atoms with Gasteiger partial charge in [0.1, 0.15) is 0 Å². The predicted octanol–water partition coefficient (Wildman–Crippen LogP) is 4.91. The van der Waals surface area contributed by atoms with Crippen LogP contribution in [0.2, 0.25) is 0 Å². The number of hydrogen-bond acceptors (Lipinski definition) is 3. The van der Waals surface area contributed by atoms with Crippen LogP contribution in [0, 0.1) is 11.8 Å². The van der Waals surface area contributed by atoms with Crippen molar-refractivity contribution in [1.82, 2.24) is 4.98 Å². The number of nitrogens with zero attached hydrogens (tertiary/aromatic N) is 1. The molecular weight excluding hydrogens is 308 g/mol. The predicted molar refractivity (Wildman–Crippen MR) is 82.3 cm³/mol. The molecule has 1 saturated carbocycles. The molecule has 2 unspecified atom stereocenters. The summed E-state index contributed by atoms with van der Waals surface area (Å²) in [5, 5.41) is 4.58. The normalized spacial score (nSPS) is 23.7. The van der Waals surface area contributed by atoms with Crippen molar-refractivity contribution >= 4 is 42.6 Å². The monoisotopic (exact) mass is 324 g/mol. The lowest BCUT2D eigenvalue weighted by atomic mass is 9.98. The van der Waals surface area contributed by atoms with Crippen molar-refractivity contribution in [2.24, 2.45) is 11.8 Å². The third kappa shape index (κ3) is 2.54. The standard InChI is InChI=1S/C14H17BrN2S/c1-9-3-2-4-10(9)8-16-14-17-12-6-5-11(15)7-13(12)18-14/h5-7,9-10H,2-4,8H2,1H3,(H,16,17). The van der Waals surface area contributed by atoms with Gasteiger partial charge in [0.2, 0.25) is 0 Å². The minimum Gasteiger partial charge on any atom is -0.361 e. The molecule has 1 fully saturated rings. The van der Waals surface area contributed by atoms with Crippen LogP contribution in [-0.4, -0.2) is 11.5 Å². The van der Waals surface area contributed by atoms with Gasteiger partial charge in [0.15, 0.2) is 5.13 Å². The highest BCUT2D eigenvalue weighted by molar-refractivity contribution is 9.10. The fourth-order valence-electron chi connectivity index (χ4n) is 2.72. The quantitative estimate of drug-likeness (QED) is 0.867. The molecule has 0 amide bonds. The van der Waals surface area contributed by atoms with Crippen LogP contribution in [0.3, 0.4) is 0 Å². The number of thiazole rings is 1. The van der Waals surface area contributed by atoms with E-state index >= 15 is 0 Å². The minimum absolute atomic E-state index is 0.823. The SMILES string of the molecule is CC1CCCC1CNc1nc2ccc(Br)cc2s1. The van der Waals surface area contributed by atoms with Crippen LogP contribution in [0.15, 0.2) is 22.7 Å². The van der Waals surface area contributed by atoms with E-state index in [0.717, 1.165) is 33.5 Å². The Morgan fingerprint density at radius 1 is 1.44 bits per heavy atom. The van der Waals surface area contributed by atoms with Crippen molar-refractivity contribution in [2.45, 2.75) is 26.2 Å². The van der Waals surface area contributed by atoms with E-state index in [-0.39, 0.29) is 0 Å². The van der Waals surface area contributed by atoms with Crippen molar-refractivity contribution in [1.29, 1.82) is 0 Å². The zero-order chi connectivity index (χ0) is 12.5. The van der Waals surface area contributed by atoms with Gasteiger partial charge in [0.05, 0.1) is 10.2 Å². The summed E-state index contributed by atoms with van der Waals surface area (Å²) in [5.41, 5.74) is 1.09. The van der Waals surface area contributed by atoms with E-state index in [9.17, 15) is 0 Å². The van der Waals surface area contributed by atoms with E-state index in [1.165, 1.54) is 24.0 Å². The molecule has 0 saturated heterocycles. The van der Waals surface area contributed by atoms with Gasteiger partial charge in [0.25, 0.3) is 0 Å².